The molecule has 0 N–H and O–H groups in total. The fourth-order valence-corrected chi connectivity index (χ4v) is 2.69. The first-order valence-corrected chi connectivity index (χ1v) is 9.42. The van der Waals surface area contributed by atoms with E-state index in [9.17, 15) is 0 Å². The summed E-state index contributed by atoms with van der Waals surface area (Å²) in [6, 6.07) is 15.1. The van der Waals surface area contributed by atoms with Gasteiger partial charge in [-0.25, -0.2) is 0 Å². The lowest BCUT2D eigenvalue weighted by Gasteiger charge is -2.36. The van der Waals surface area contributed by atoms with Gasteiger partial charge in [0.25, 0.3) is 0 Å². The molecule has 5 nitrogen and oxygen atoms in total. The van der Waals surface area contributed by atoms with Gasteiger partial charge in [0.05, 0.1) is 26.4 Å². The Morgan fingerprint density at radius 3 is 2.30 bits per heavy atom. The molecule has 0 aromatic heterocycles. The van der Waals surface area contributed by atoms with Crippen molar-refractivity contribution < 1.29 is 23.7 Å². The minimum absolute atomic E-state index is 0.147. The maximum Gasteiger partial charge on any atom is 0.360 e. The van der Waals surface area contributed by atoms with Crippen LogP contribution in [0.4, 0.5) is 0 Å². The highest BCUT2D eigenvalue weighted by atomic mass is 16.9. The molecule has 5 heteroatoms. The third-order valence-corrected chi connectivity index (χ3v) is 3.70. The average Bonchev–Trinajstić information content (AvgIpc) is 2.67. The van der Waals surface area contributed by atoms with Crippen molar-refractivity contribution in [2.45, 2.75) is 46.2 Å². The Hall–Kier alpha value is -2.24. The molecule has 27 heavy (non-hydrogen) atoms. The van der Waals surface area contributed by atoms with Gasteiger partial charge in [0.1, 0.15) is 11.3 Å². The van der Waals surface area contributed by atoms with Crippen LogP contribution in [-0.2, 0) is 15.4 Å². The minimum atomic E-state index is -1.45. The normalized spacial score (nSPS) is 13.3. The summed E-state index contributed by atoms with van der Waals surface area (Å²) in [7, 11) is 1.61. The van der Waals surface area contributed by atoms with Crippen LogP contribution in [0.2, 0.25) is 0 Å². The Labute approximate surface area is 162 Å². The van der Waals surface area contributed by atoms with Crippen molar-refractivity contribution in [2.24, 2.45) is 0 Å². The van der Waals surface area contributed by atoms with Crippen molar-refractivity contribution in [3.05, 3.63) is 54.1 Å². The largest absolute Gasteiger partial charge is 0.493 e. The second-order valence-electron chi connectivity index (χ2n) is 6.26. The molecular formula is C22H30O5. The summed E-state index contributed by atoms with van der Waals surface area (Å²) in [6.45, 7) is 8.79. The predicted octanol–water partition coefficient (Wildman–Crippen LogP) is 5.13. The van der Waals surface area contributed by atoms with Crippen molar-refractivity contribution in [1.82, 2.24) is 0 Å². The highest BCUT2D eigenvalue weighted by molar-refractivity contribution is 5.48. The number of hydrogen-bond acceptors (Lipinski definition) is 5. The average molecular weight is 374 g/mol. The molecule has 2 aromatic carbocycles. The summed E-state index contributed by atoms with van der Waals surface area (Å²) in [5, 5.41) is 0. The van der Waals surface area contributed by atoms with E-state index in [4.69, 9.17) is 23.7 Å². The highest BCUT2D eigenvalue weighted by Crippen LogP contribution is 2.42. The van der Waals surface area contributed by atoms with Crippen molar-refractivity contribution in [1.29, 1.82) is 0 Å². The number of ether oxygens (including phenoxy) is 5. The van der Waals surface area contributed by atoms with Crippen LogP contribution in [0.5, 0.6) is 17.2 Å². The number of hydrogen-bond donors (Lipinski definition) is 0. The van der Waals surface area contributed by atoms with Crippen molar-refractivity contribution in [3.8, 4) is 17.2 Å². The molecule has 0 spiro atoms. The summed E-state index contributed by atoms with van der Waals surface area (Å²) in [5.41, 5.74) is 0.634. The zero-order valence-electron chi connectivity index (χ0n) is 16.9. The van der Waals surface area contributed by atoms with Crippen LogP contribution in [0.3, 0.4) is 0 Å². The molecule has 0 heterocycles. The molecule has 0 aliphatic heterocycles. The number of rotatable bonds is 11. The molecule has 0 saturated carbocycles. The van der Waals surface area contributed by atoms with Gasteiger partial charge in [0.15, 0.2) is 11.5 Å². The smallest absolute Gasteiger partial charge is 0.360 e. The van der Waals surface area contributed by atoms with Gasteiger partial charge in [-0.3, -0.25) is 0 Å². The van der Waals surface area contributed by atoms with Gasteiger partial charge >= 0.3 is 5.97 Å². The van der Waals surface area contributed by atoms with Crippen LogP contribution in [0.25, 0.3) is 0 Å². The fourth-order valence-electron chi connectivity index (χ4n) is 2.69. The topological polar surface area (TPSA) is 46.2 Å². The quantitative estimate of drug-likeness (QED) is 0.510. The molecule has 2 rings (SSSR count). The maximum absolute atomic E-state index is 6.31. The molecule has 0 amide bonds. The maximum atomic E-state index is 6.31. The molecule has 1 atom stereocenters. The zero-order chi connectivity index (χ0) is 19.7. The van der Waals surface area contributed by atoms with Crippen LogP contribution in [0, 0.1) is 0 Å². The third kappa shape index (κ3) is 5.37. The predicted molar refractivity (Wildman–Crippen MR) is 105 cm³/mol. The molecule has 0 radical (unpaired) electrons. The van der Waals surface area contributed by atoms with E-state index in [0.29, 0.717) is 36.0 Å². The van der Waals surface area contributed by atoms with Crippen molar-refractivity contribution in [2.75, 3.05) is 20.3 Å². The molecule has 1 unspecified atom stereocenters. The summed E-state index contributed by atoms with van der Waals surface area (Å²) in [4.78, 5) is 0. The molecule has 0 bridgehead atoms. The second kappa shape index (κ2) is 10.2. The van der Waals surface area contributed by atoms with E-state index in [2.05, 4.69) is 0 Å². The third-order valence-electron chi connectivity index (χ3n) is 3.70. The van der Waals surface area contributed by atoms with Gasteiger partial charge in [0, 0.05) is 0 Å². The van der Waals surface area contributed by atoms with E-state index < -0.39 is 5.97 Å². The fraction of sp³-hybridized carbons (Fsp3) is 0.455. The van der Waals surface area contributed by atoms with E-state index in [1.54, 1.807) is 7.11 Å². The zero-order valence-corrected chi connectivity index (χ0v) is 16.9. The Kier molecular flexibility index (Phi) is 7.95. The summed E-state index contributed by atoms with van der Waals surface area (Å²) >= 11 is 0. The van der Waals surface area contributed by atoms with Gasteiger partial charge in [-0.1, -0.05) is 31.2 Å². The Bertz CT molecular complexity index is 686. The lowest BCUT2D eigenvalue weighted by atomic mass is 10.1. The van der Waals surface area contributed by atoms with Gasteiger partial charge < -0.3 is 23.7 Å². The summed E-state index contributed by atoms with van der Waals surface area (Å²) in [6.07, 6.45) is 0.668. The Morgan fingerprint density at radius 2 is 1.70 bits per heavy atom. The summed E-state index contributed by atoms with van der Waals surface area (Å²) < 4.78 is 30.1. The molecular weight excluding hydrogens is 344 g/mol. The van der Waals surface area contributed by atoms with E-state index in [0.717, 1.165) is 6.42 Å². The van der Waals surface area contributed by atoms with Crippen LogP contribution >= 0.6 is 0 Å². The van der Waals surface area contributed by atoms with Gasteiger partial charge in [-0.05, 0) is 51.5 Å². The van der Waals surface area contributed by atoms with Crippen molar-refractivity contribution >= 4 is 0 Å². The number of para-hydroxylation sites is 2. The van der Waals surface area contributed by atoms with E-state index in [1.807, 2.05) is 76.2 Å². The minimum Gasteiger partial charge on any atom is -0.493 e. The van der Waals surface area contributed by atoms with Crippen molar-refractivity contribution in [3.63, 3.8) is 0 Å². The van der Waals surface area contributed by atoms with Crippen LogP contribution < -0.4 is 14.2 Å². The Morgan fingerprint density at radius 1 is 0.963 bits per heavy atom. The van der Waals surface area contributed by atoms with E-state index in [-0.39, 0.29) is 6.10 Å². The number of methoxy groups -OCH3 is 1. The molecule has 2 aromatic rings. The van der Waals surface area contributed by atoms with Gasteiger partial charge in [-0.2, -0.15) is 0 Å². The molecule has 0 aliphatic rings. The van der Waals surface area contributed by atoms with Crippen LogP contribution in [-0.4, -0.2) is 26.4 Å². The summed E-state index contributed by atoms with van der Waals surface area (Å²) in [5.74, 6) is 0.336. The van der Waals surface area contributed by atoms with Gasteiger partial charge in [0.2, 0.25) is 0 Å². The lowest BCUT2D eigenvalue weighted by molar-refractivity contribution is -0.368. The van der Waals surface area contributed by atoms with Gasteiger partial charge in [-0.15, -0.1) is 0 Å². The first-order chi connectivity index (χ1) is 13.1. The van der Waals surface area contributed by atoms with E-state index in [1.165, 1.54) is 0 Å². The Balaban J connectivity index is 2.62. The van der Waals surface area contributed by atoms with Crippen LogP contribution in [0.1, 0.15) is 39.7 Å². The molecule has 148 valence electrons. The molecule has 0 saturated heterocycles. The molecule has 0 fully saturated rings. The monoisotopic (exact) mass is 374 g/mol. The lowest BCUT2D eigenvalue weighted by Crippen LogP contribution is -2.42. The van der Waals surface area contributed by atoms with Crippen LogP contribution in [0.15, 0.2) is 48.5 Å². The SMILES string of the molecule is CCCOC(Oc1ccccc1)(OC(C)C)c1cccc(OC)c1OCC. The number of benzene rings is 2. The highest BCUT2D eigenvalue weighted by Gasteiger charge is 2.42. The second-order valence-corrected chi connectivity index (χ2v) is 6.26. The standard InChI is InChI=1S/C22H30O5/c1-6-16-25-22(26-17(3)4,27-18-12-9-8-10-13-18)19-14-11-15-20(23-5)21(19)24-7-2/h8-15,17H,6-7,16H2,1-5H3. The molecule has 0 aliphatic carbocycles. The van der Waals surface area contributed by atoms with E-state index >= 15 is 0 Å². The first kappa shape index (κ1) is 21.1. The first-order valence-electron chi connectivity index (χ1n) is 9.42.